The summed E-state index contributed by atoms with van der Waals surface area (Å²) in [5.74, 6) is -0.450. The number of carbonyl (C=O) groups is 3. The van der Waals surface area contributed by atoms with E-state index in [2.05, 4.69) is 6.58 Å². The molecule has 1 aliphatic heterocycles. The molecule has 0 amide bonds. The monoisotopic (exact) mass is 283 g/mol. The Hall–Kier alpha value is -2.49. The number of likely N-dealkylation sites (N-methyl/N-ethyl adjacent to an activating group) is 1. The van der Waals surface area contributed by atoms with Crippen LogP contribution in [0.2, 0.25) is 0 Å². The van der Waals surface area contributed by atoms with Crippen LogP contribution in [0.3, 0.4) is 0 Å². The Morgan fingerprint density at radius 1 is 1.33 bits per heavy atom. The fourth-order valence-corrected chi connectivity index (χ4v) is 2.65. The molecule has 4 heteroatoms. The van der Waals surface area contributed by atoms with Crippen molar-refractivity contribution in [2.75, 3.05) is 6.54 Å². The molecule has 0 saturated carbocycles. The molecular formula is C17H17NO3. The number of rotatable bonds is 3. The van der Waals surface area contributed by atoms with E-state index in [0.717, 1.165) is 5.57 Å². The summed E-state index contributed by atoms with van der Waals surface area (Å²) in [6, 6.07) is 0. The molecule has 0 radical (unpaired) electrons. The van der Waals surface area contributed by atoms with Crippen molar-refractivity contribution in [2.45, 2.75) is 20.8 Å². The van der Waals surface area contributed by atoms with Gasteiger partial charge in [-0.15, -0.1) is 0 Å². The maximum atomic E-state index is 12.7. The molecule has 1 aliphatic carbocycles. The zero-order valence-electron chi connectivity index (χ0n) is 12.4. The second-order valence-electron chi connectivity index (χ2n) is 5.02. The van der Waals surface area contributed by atoms with E-state index < -0.39 is 0 Å². The van der Waals surface area contributed by atoms with E-state index in [4.69, 9.17) is 0 Å². The molecule has 0 aromatic rings. The van der Waals surface area contributed by atoms with E-state index >= 15 is 0 Å². The predicted molar refractivity (Wildman–Crippen MR) is 80.2 cm³/mol. The van der Waals surface area contributed by atoms with Crippen LogP contribution in [0.25, 0.3) is 0 Å². The average Bonchev–Trinajstić information content (AvgIpc) is 2.42. The molecule has 0 aromatic carbocycles. The van der Waals surface area contributed by atoms with Gasteiger partial charge in [-0.2, -0.15) is 0 Å². The van der Waals surface area contributed by atoms with Gasteiger partial charge >= 0.3 is 0 Å². The van der Waals surface area contributed by atoms with Gasteiger partial charge in [-0.3, -0.25) is 14.4 Å². The Bertz CT molecular complexity index is 687. The zero-order valence-corrected chi connectivity index (χ0v) is 12.4. The minimum absolute atomic E-state index is 0.222. The molecule has 0 spiro atoms. The zero-order chi connectivity index (χ0) is 15.7. The molecule has 2 rings (SSSR count). The van der Waals surface area contributed by atoms with Gasteiger partial charge in [0.1, 0.15) is 12.0 Å². The van der Waals surface area contributed by atoms with Crippen molar-refractivity contribution >= 4 is 17.9 Å². The third kappa shape index (κ3) is 2.33. The lowest BCUT2D eigenvalue weighted by Crippen LogP contribution is -2.34. The third-order valence-electron chi connectivity index (χ3n) is 3.67. The van der Waals surface area contributed by atoms with Gasteiger partial charge in [-0.05, 0) is 50.1 Å². The van der Waals surface area contributed by atoms with Gasteiger partial charge in [0.2, 0.25) is 5.78 Å². The number of hydrogen-bond acceptors (Lipinski definition) is 4. The van der Waals surface area contributed by atoms with E-state index in [1.54, 1.807) is 24.8 Å². The van der Waals surface area contributed by atoms with E-state index in [0.29, 0.717) is 35.4 Å². The summed E-state index contributed by atoms with van der Waals surface area (Å²) in [5.41, 5.74) is 2.99. The maximum Gasteiger partial charge on any atom is 0.203 e. The largest absolute Gasteiger partial charge is 0.339 e. The Balaban J connectivity index is 2.61. The van der Waals surface area contributed by atoms with Crippen molar-refractivity contribution < 1.29 is 14.4 Å². The summed E-state index contributed by atoms with van der Waals surface area (Å²) in [7, 11) is 0. The van der Waals surface area contributed by atoms with Crippen LogP contribution in [-0.4, -0.2) is 29.3 Å². The van der Waals surface area contributed by atoms with Crippen LogP contribution in [0, 0.1) is 0 Å². The van der Waals surface area contributed by atoms with Gasteiger partial charge < -0.3 is 4.90 Å². The standard InChI is InChI=1S/C17H17NO3/c1-5-18-12(4)8-11(3)15-16(18)14(20)9-13(17(15)21)10(2)6-7-19/h6-9H,4-5H2,1-3H3/b10-6-. The molecule has 0 saturated heterocycles. The molecule has 0 bridgehead atoms. The second-order valence-corrected chi connectivity index (χ2v) is 5.02. The van der Waals surface area contributed by atoms with Crippen LogP contribution >= 0.6 is 0 Å². The van der Waals surface area contributed by atoms with Gasteiger partial charge in [0.25, 0.3) is 0 Å². The second kappa shape index (κ2) is 5.48. The summed E-state index contributed by atoms with van der Waals surface area (Å²) in [6.07, 6.45) is 5.02. The van der Waals surface area contributed by atoms with E-state index in [1.165, 1.54) is 12.2 Å². The van der Waals surface area contributed by atoms with Crippen LogP contribution < -0.4 is 0 Å². The van der Waals surface area contributed by atoms with Crippen molar-refractivity contribution in [1.82, 2.24) is 4.90 Å². The van der Waals surface area contributed by atoms with Crippen LogP contribution in [0.5, 0.6) is 0 Å². The lowest BCUT2D eigenvalue weighted by atomic mass is 9.83. The highest BCUT2D eigenvalue weighted by molar-refractivity contribution is 6.26. The highest BCUT2D eigenvalue weighted by atomic mass is 16.1. The number of nitrogens with zero attached hydrogens (tertiary/aromatic N) is 1. The molecule has 108 valence electrons. The Morgan fingerprint density at radius 3 is 2.57 bits per heavy atom. The first-order valence-corrected chi connectivity index (χ1v) is 6.74. The highest BCUT2D eigenvalue weighted by Gasteiger charge is 2.35. The first-order valence-electron chi connectivity index (χ1n) is 6.74. The van der Waals surface area contributed by atoms with Crippen molar-refractivity contribution in [3.8, 4) is 0 Å². The smallest absolute Gasteiger partial charge is 0.203 e. The molecular weight excluding hydrogens is 266 g/mol. The van der Waals surface area contributed by atoms with E-state index in [9.17, 15) is 14.4 Å². The van der Waals surface area contributed by atoms with Gasteiger partial charge in [0.15, 0.2) is 5.78 Å². The van der Waals surface area contributed by atoms with Crippen LogP contribution in [0.4, 0.5) is 0 Å². The molecule has 0 N–H and O–H groups in total. The van der Waals surface area contributed by atoms with E-state index in [-0.39, 0.29) is 17.1 Å². The maximum absolute atomic E-state index is 12.7. The van der Waals surface area contributed by atoms with Gasteiger partial charge in [0, 0.05) is 17.8 Å². The summed E-state index contributed by atoms with van der Waals surface area (Å²) < 4.78 is 0. The molecule has 0 aromatic heterocycles. The number of ketones is 2. The van der Waals surface area contributed by atoms with Crippen molar-refractivity contribution in [3.63, 3.8) is 0 Å². The number of allylic oxidation sites excluding steroid dienone is 7. The normalized spacial score (nSPS) is 19.5. The Morgan fingerprint density at radius 2 is 2.00 bits per heavy atom. The van der Waals surface area contributed by atoms with Crippen LogP contribution in [-0.2, 0) is 14.4 Å². The molecule has 21 heavy (non-hydrogen) atoms. The van der Waals surface area contributed by atoms with E-state index in [1.807, 2.05) is 6.92 Å². The van der Waals surface area contributed by atoms with Gasteiger partial charge in [0.05, 0.1) is 5.57 Å². The molecule has 1 heterocycles. The van der Waals surface area contributed by atoms with Gasteiger partial charge in [-0.1, -0.05) is 6.58 Å². The van der Waals surface area contributed by atoms with Crippen LogP contribution in [0.1, 0.15) is 20.8 Å². The molecule has 0 fully saturated rings. The summed E-state index contributed by atoms with van der Waals surface area (Å²) >= 11 is 0. The van der Waals surface area contributed by atoms with Crippen molar-refractivity contribution in [1.29, 1.82) is 0 Å². The fraction of sp³-hybridized carbons (Fsp3) is 0.235. The Labute approximate surface area is 123 Å². The third-order valence-corrected chi connectivity index (χ3v) is 3.67. The van der Waals surface area contributed by atoms with Crippen molar-refractivity contribution in [3.05, 3.63) is 58.5 Å². The lowest BCUT2D eigenvalue weighted by molar-refractivity contribution is -0.116. The molecule has 4 nitrogen and oxygen atoms in total. The average molecular weight is 283 g/mol. The SMILES string of the molecule is C=C1C=C(C)C2=C(C(=O)C=C(/C(C)=C\C=O)C2=O)N1CC. The first kappa shape index (κ1) is 14.9. The summed E-state index contributed by atoms with van der Waals surface area (Å²) in [5, 5.41) is 0. The minimum atomic E-state index is -0.228. The Kier molecular flexibility index (Phi) is 3.89. The molecule has 0 unspecified atom stereocenters. The number of aldehydes is 1. The molecule has 0 atom stereocenters. The topological polar surface area (TPSA) is 54.5 Å². The molecule has 2 aliphatic rings. The highest BCUT2D eigenvalue weighted by Crippen LogP contribution is 2.35. The van der Waals surface area contributed by atoms with Crippen LogP contribution in [0.15, 0.2) is 58.5 Å². The lowest BCUT2D eigenvalue weighted by Gasteiger charge is -2.33. The van der Waals surface area contributed by atoms with Crippen molar-refractivity contribution in [2.24, 2.45) is 0 Å². The fourth-order valence-electron chi connectivity index (χ4n) is 2.65. The summed E-state index contributed by atoms with van der Waals surface area (Å²) in [4.78, 5) is 37.4. The minimum Gasteiger partial charge on any atom is -0.339 e. The first-order chi connectivity index (χ1) is 9.92. The number of hydrogen-bond donors (Lipinski definition) is 0. The number of Topliss-reactive ketones (excluding diaryl/α,β-unsaturated/α-hetero) is 1. The number of carbonyl (C=O) groups excluding carboxylic acids is 3. The van der Waals surface area contributed by atoms with Gasteiger partial charge in [-0.25, -0.2) is 0 Å². The summed E-state index contributed by atoms with van der Waals surface area (Å²) in [6.45, 7) is 9.83. The quantitative estimate of drug-likeness (QED) is 0.453. The predicted octanol–water partition coefficient (Wildman–Crippen LogP) is 2.26.